The van der Waals surface area contributed by atoms with Gasteiger partial charge in [0.2, 0.25) is 0 Å². The van der Waals surface area contributed by atoms with Crippen molar-refractivity contribution in [2.75, 3.05) is 12.3 Å². The maximum Gasteiger partial charge on any atom is 0.393 e. The maximum atomic E-state index is 12.5. The lowest BCUT2D eigenvalue weighted by Gasteiger charge is -2.18. The van der Waals surface area contributed by atoms with Gasteiger partial charge >= 0.3 is 6.18 Å². The van der Waals surface area contributed by atoms with Gasteiger partial charge in [-0.25, -0.2) is 8.42 Å². The van der Waals surface area contributed by atoms with Gasteiger partial charge in [0.25, 0.3) is 0 Å². The minimum absolute atomic E-state index is 0.402. The number of hydrogen-bond acceptors (Lipinski definition) is 3. The summed E-state index contributed by atoms with van der Waals surface area (Å²) in [5.41, 5.74) is 6.34. The predicted molar refractivity (Wildman–Crippen MR) is 67.3 cm³/mol. The number of sulfone groups is 1. The highest BCUT2D eigenvalue weighted by molar-refractivity contribution is 7.90. The molecule has 0 saturated carbocycles. The first-order valence-electron chi connectivity index (χ1n) is 5.67. The molecule has 1 aromatic rings. The summed E-state index contributed by atoms with van der Waals surface area (Å²) in [6.07, 6.45) is -4.59. The van der Waals surface area contributed by atoms with Crippen LogP contribution in [-0.2, 0) is 15.6 Å². The van der Waals surface area contributed by atoms with Gasteiger partial charge in [0.05, 0.1) is 17.4 Å². The first-order chi connectivity index (χ1) is 8.64. The lowest BCUT2D eigenvalue weighted by atomic mass is 10.2. The molecular formula is C12H16F3NO2S. The van der Waals surface area contributed by atoms with E-state index in [-0.39, 0.29) is 0 Å². The van der Waals surface area contributed by atoms with Crippen LogP contribution in [0.4, 0.5) is 13.2 Å². The summed E-state index contributed by atoms with van der Waals surface area (Å²) in [6.45, 7) is 1.06. The Balaban J connectivity index is 2.82. The molecule has 0 bridgehead atoms. The summed E-state index contributed by atoms with van der Waals surface area (Å²) in [7, 11) is -3.85. The van der Waals surface area contributed by atoms with Crippen LogP contribution in [0.2, 0.25) is 0 Å². The van der Waals surface area contributed by atoms with Crippen LogP contribution in [0.25, 0.3) is 0 Å². The number of rotatable bonds is 5. The van der Waals surface area contributed by atoms with E-state index in [2.05, 4.69) is 0 Å². The van der Waals surface area contributed by atoms with Crippen molar-refractivity contribution in [3.05, 3.63) is 35.4 Å². The van der Waals surface area contributed by atoms with E-state index in [0.29, 0.717) is 5.56 Å². The third-order valence-electron chi connectivity index (χ3n) is 2.67. The molecule has 1 atom stereocenters. The van der Waals surface area contributed by atoms with Crippen molar-refractivity contribution in [2.45, 2.75) is 18.9 Å². The zero-order valence-electron chi connectivity index (χ0n) is 10.4. The summed E-state index contributed by atoms with van der Waals surface area (Å²) in [5, 5.41) is 0. The molecule has 0 heterocycles. The summed E-state index contributed by atoms with van der Waals surface area (Å²) in [4.78, 5) is 0. The van der Waals surface area contributed by atoms with E-state index in [1.807, 2.05) is 0 Å². The maximum absolute atomic E-state index is 12.5. The molecular weight excluding hydrogens is 279 g/mol. The Morgan fingerprint density at radius 3 is 2.42 bits per heavy atom. The Kier molecular flexibility index (Phi) is 4.98. The quantitative estimate of drug-likeness (QED) is 0.904. The molecule has 0 radical (unpaired) electrons. The van der Waals surface area contributed by atoms with Crippen LogP contribution < -0.4 is 5.73 Å². The van der Waals surface area contributed by atoms with Crippen LogP contribution in [-0.4, -0.2) is 26.9 Å². The molecule has 0 amide bonds. The van der Waals surface area contributed by atoms with E-state index in [1.54, 1.807) is 31.2 Å². The molecule has 0 aliphatic heterocycles. The monoisotopic (exact) mass is 295 g/mol. The molecule has 0 saturated heterocycles. The number of nitrogens with two attached hydrogens (primary N) is 1. The Bertz CT molecular complexity index is 526. The van der Waals surface area contributed by atoms with Crippen molar-refractivity contribution >= 4 is 9.84 Å². The lowest BCUT2D eigenvalue weighted by molar-refractivity contribution is -0.165. The number of aryl methyl sites for hydroxylation is 1. The number of benzene rings is 1. The number of hydrogen-bond donors (Lipinski definition) is 1. The first-order valence-corrected chi connectivity index (χ1v) is 7.49. The predicted octanol–water partition coefficient (Wildman–Crippen LogP) is 2.05. The first kappa shape index (κ1) is 16.0. The molecule has 1 unspecified atom stereocenters. The van der Waals surface area contributed by atoms with Gasteiger partial charge in [-0.15, -0.1) is 0 Å². The third kappa shape index (κ3) is 5.20. The molecule has 2 N–H and O–H groups in total. The van der Waals surface area contributed by atoms with E-state index in [1.165, 1.54) is 0 Å². The third-order valence-corrected chi connectivity index (χ3v) is 4.36. The van der Waals surface area contributed by atoms with Gasteiger partial charge in [-0.05, 0) is 12.5 Å². The average molecular weight is 295 g/mol. The molecule has 0 aliphatic rings. The fraction of sp³-hybridized carbons (Fsp3) is 0.500. The zero-order valence-corrected chi connectivity index (χ0v) is 11.3. The average Bonchev–Trinajstić information content (AvgIpc) is 2.23. The summed E-state index contributed by atoms with van der Waals surface area (Å²) in [6, 6.07) is 6.68. The Labute approximate surface area is 110 Å². The normalized spacial score (nSPS) is 14.4. The van der Waals surface area contributed by atoms with Gasteiger partial charge in [0.1, 0.15) is 0 Å². The SMILES string of the molecule is Cc1cccc(CS(=O)(=O)CC(CN)C(F)(F)F)c1. The molecule has 0 aliphatic carbocycles. The fourth-order valence-corrected chi connectivity index (χ4v) is 3.46. The molecule has 1 rings (SSSR count). The second-order valence-corrected chi connectivity index (χ2v) is 6.63. The van der Waals surface area contributed by atoms with Gasteiger partial charge < -0.3 is 5.73 Å². The zero-order chi connectivity index (χ0) is 14.7. The molecule has 7 heteroatoms. The minimum atomic E-state index is -4.59. The summed E-state index contributed by atoms with van der Waals surface area (Å²) >= 11 is 0. The van der Waals surface area contributed by atoms with E-state index in [4.69, 9.17) is 5.73 Å². The van der Waals surface area contributed by atoms with Gasteiger partial charge in [0, 0.05) is 6.54 Å². The molecule has 0 aromatic heterocycles. The molecule has 0 fully saturated rings. The highest BCUT2D eigenvalue weighted by Crippen LogP contribution is 2.27. The molecule has 1 aromatic carbocycles. The van der Waals surface area contributed by atoms with Crippen LogP contribution in [0.3, 0.4) is 0 Å². The smallest absolute Gasteiger partial charge is 0.330 e. The standard InChI is InChI=1S/C12H16F3NO2S/c1-9-3-2-4-10(5-9)7-19(17,18)8-11(6-16)12(13,14)15/h2-5,11H,6-8,16H2,1H3. The highest BCUT2D eigenvalue weighted by atomic mass is 32.2. The van der Waals surface area contributed by atoms with E-state index in [9.17, 15) is 21.6 Å². The topological polar surface area (TPSA) is 60.2 Å². The van der Waals surface area contributed by atoms with Crippen molar-refractivity contribution in [1.29, 1.82) is 0 Å². The van der Waals surface area contributed by atoms with Crippen LogP contribution in [0.1, 0.15) is 11.1 Å². The number of alkyl halides is 3. The largest absolute Gasteiger partial charge is 0.393 e. The Morgan fingerprint density at radius 1 is 1.32 bits per heavy atom. The van der Waals surface area contributed by atoms with E-state index in [0.717, 1.165) is 5.56 Å². The van der Waals surface area contributed by atoms with Crippen molar-refractivity contribution in [3.63, 3.8) is 0 Å². The van der Waals surface area contributed by atoms with Crippen LogP contribution in [0.5, 0.6) is 0 Å². The second-order valence-electron chi connectivity index (χ2n) is 4.52. The highest BCUT2D eigenvalue weighted by Gasteiger charge is 2.41. The van der Waals surface area contributed by atoms with E-state index >= 15 is 0 Å². The fourth-order valence-electron chi connectivity index (χ4n) is 1.72. The molecule has 0 spiro atoms. The van der Waals surface area contributed by atoms with Gasteiger partial charge in [-0.2, -0.15) is 13.2 Å². The van der Waals surface area contributed by atoms with Crippen molar-refractivity contribution < 1.29 is 21.6 Å². The van der Waals surface area contributed by atoms with Crippen molar-refractivity contribution in [2.24, 2.45) is 11.7 Å². The lowest BCUT2D eigenvalue weighted by Crippen LogP contribution is -2.36. The summed E-state index contributed by atoms with van der Waals surface area (Å²) in [5.74, 6) is -3.38. The van der Waals surface area contributed by atoms with Gasteiger partial charge in [-0.1, -0.05) is 29.8 Å². The molecule has 3 nitrogen and oxygen atoms in total. The van der Waals surface area contributed by atoms with Crippen molar-refractivity contribution in [3.8, 4) is 0 Å². The van der Waals surface area contributed by atoms with Crippen molar-refractivity contribution in [1.82, 2.24) is 0 Å². The van der Waals surface area contributed by atoms with Gasteiger partial charge in [0.15, 0.2) is 9.84 Å². The van der Waals surface area contributed by atoms with Crippen LogP contribution in [0, 0.1) is 12.8 Å². The summed E-state index contributed by atoms with van der Waals surface area (Å²) < 4.78 is 61.1. The molecule has 19 heavy (non-hydrogen) atoms. The van der Waals surface area contributed by atoms with E-state index < -0.39 is 40.0 Å². The molecule has 108 valence electrons. The van der Waals surface area contributed by atoms with Gasteiger partial charge in [-0.3, -0.25) is 0 Å². The van der Waals surface area contributed by atoms with Crippen LogP contribution >= 0.6 is 0 Å². The number of halogens is 3. The second kappa shape index (κ2) is 5.92. The Morgan fingerprint density at radius 2 is 1.95 bits per heavy atom. The van der Waals surface area contributed by atoms with Crippen LogP contribution in [0.15, 0.2) is 24.3 Å². The minimum Gasteiger partial charge on any atom is -0.330 e. The Hall–Kier alpha value is -1.08.